The average molecular weight is 380 g/mol. The summed E-state index contributed by atoms with van der Waals surface area (Å²) in [4.78, 5) is 18.2. The fraction of sp³-hybridized carbons (Fsp3) is 0.154. The highest BCUT2D eigenvalue weighted by Crippen LogP contribution is 2.19. The molecule has 0 saturated carbocycles. The summed E-state index contributed by atoms with van der Waals surface area (Å²) < 4.78 is 1.72. The van der Waals surface area contributed by atoms with E-state index in [1.54, 1.807) is 4.57 Å². The summed E-state index contributed by atoms with van der Waals surface area (Å²) in [5.74, 6) is 0.625. The van der Waals surface area contributed by atoms with Crippen LogP contribution < -0.4 is 5.56 Å². The number of benzene rings is 3. The second kappa shape index (κ2) is 7.88. The molecule has 0 spiro atoms. The van der Waals surface area contributed by atoms with Gasteiger partial charge in [-0.15, -0.1) is 0 Å². The van der Waals surface area contributed by atoms with Gasteiger partial charge in [0, 0.05) is 0 Å². The quantitative estimate of drug-likeness (QED) is 0.453. The van der Waals surface area contributed by atoms with E-state index < -0.39 is 0 Å². The van der Waals surface area contributed by atoms with Gasteiger partial charge in [0.05, 0.1) is 16.6 Å². The van der Waals surface area contributed by atoms with Crippen molar-refractivity contribution in [3.05, 3.63) is 105 Å². The van der Waals surface area contributed by atoms with E-state index in [4.69, 9.17) is 4.98 Å². The van der Waals surface area contributed by atoms with Gasteiger partial charge in [0.2, 0.25) is 0 Å². The van der Waals surface area contributed by atoms with Gasteiger partial charge in [-0.2, -0.15) is 0 Å². The molecule has 4 rings (SSSR count). The van der Waals surface area contributed by atoms with Crippen LogP contribution in [0.3, 0.4) is 0 Å². The van der Waals surface area contributed by atoms with Gasteiger partial charge in [0.15, 0.2) is 0 Å². The molecule has 1 heterocycles. The maximum absolute atomic E-state index is 13.4. The Hall–Kier alpha value is -3.46. The third kappa shape index (κ3) is 3.77. The minimum absolute atomic E-state index is 0.0523. The number of aryl methyl sites for hydroxylation is 3. The smallest absolute Gasteiger partial charge is 0.266 e. The Morgan fingerprint density at radius 3 is 2.41 bits per heavy atom. The van der Waals surface area contributed by atoms with Crippen molar-refractivity contribution >= 4 is 23.1 Å². The van der Waals surface area contributed by atoms with Gasteiger partial charge >= 0.3 is 0 Å². The zero-order chi connectivity index (χ0) is 20.4. The highest BCUT2D eigenvalue weighted by molar-refractivity contribution is 5.80. The Balaban J connectivity index is 1.91. The SMILES string of the molecule is CCc1ccc(/C=C/c2nc3ccccc3c(=O)n2-c2ccc(C)cc2C)cc1. The largest absolute Gasteiger partial charge is 0.268 e. The van der Waals surface area contributed by atoms with Crippen LogP contribution in [0.4, 0.5) is 0 Å². The molecule has 29 heavy (non-hydrogen) atoms. The normalized spacial score (nSPS) is 11.4. The van der Waals surface area contributed by atoms with Gasteiger partial charge in [-0.05, 0) is 61.2 Å². The van der Waals surface area contributed by atoms with Crippen LogP contribution in [0, 0.1) is 13.8 Å². The van der Waals surface area contributed by atoms with E-state index in [-0.39, 0.29) is 5.56 Å². The van der Waals surface area contributed by atoms with Crippen molar-refractivity contribution in [1.29, 1.82) is 0 Å². The number of fused-ring (bicyclic) bond motifs is 1. The van der Waals surface area contributed by atoms with Crippen molar-refractivity contribution in [2.24, 2.45) is 0 Å². The highest BCUT2D eigenvalue weighted by Gasteiger charge is 2.12. The molecule has 144 valence electrons. The molecule has 0 fully saturated rings. The molecule has 0 unspecified atom stereocenters. The first-order chi connectivity index (χ1) is 14.1. The lowest BCUT2D eigenvalue weighted by atomic mass is 10.1. The first kappa shape index (κ1) is 18.9. The van der Waals surface area contributed by atoms with Crippen LogP contribution in [0.25, 0.3) is 28.7 Å². The van der Waals surface area contributed by atoms with Crippen LogP contribution in [0.5, 0.6) is 0 Å². The van der Waals surface area contributed by atoms with Crippen molar-refractivity contribution in [2.45, 2.75) is 27.2 Å². The number of aromatic nitrogens is 2. The van der Waals surface area contributed by atoms with E-state index in [0.717, 1.165) is 23.2 Å². The minimum atomic E-state index is -0.0523. The number of para-hydroxylation sites is 1. The number of nitrogens with zero attached hydrogens (tertiary/aromatic N) is 2. The van der Waals surface area contributed by atoms with Crippen molar-refractivity contribution in [3.63, 3.8) is 0 Å². The van der Waals surface area contributed by atoms with Crippen LogP contribution >= 0.6 is 0 Å². The molecule has 0 aliphatic carbocycles. The van der Waals surface area contributed by atoms with Gasteiger partial charge in [-0.25, -0.2) is 4.98 Å². The molecule has 0 bridgehead atoms. The Bertz CT molecular complexity index is 1260. The summed E-state index contributed by atoms with van der Waals surface area (Å²) in [5, 5.41) is 0.622. The standard InChI is InChI=1S/C26H24N2O/c1-4-20-10-12-21(13-11-20)14-16-25-27-23-8-6-5-7-22(23)26(29)28(25)24-15-9-18(2)17-19(24)3/h5-17H,4H2,1-3H3/b16-14+. The lowest BCUT2D eigenvalue weighted by Gasteiger charge is -2.14. The van der Waals surface area contributed by atoms with Crippen molar-refractivity contribution < 1.29 is 0 Å². The highest BCUT2D eigenvalue weighted by atomic mass is 16.1. The zero-order valence-electron chi connectivity index (χ0n) is 17.0. The summed E-state index contributed by atoms with van der Waals surface area (Å²) in [6.45, 7) is 6.23. The fourth-order valence-corrected chi connectivity index (χ4v) is 3.59. The molecule has 3 nitrogen and oxygen atoms in total. The first-order valence-electron chi connectivity index (χ1n) is 9.93. The van der Waals surface area contributed by atoms with Crippen LogP contribution in [-0.4, -0.2) is 9.55 Å². The molecule has 0 aliphatic rings. The lowest BCUT2D eigenvalue weighted by Crippen LogP contribution is -2.23. The molecule has 0 amide bonds. The van der Waals surface area contributed by atoms with E-state index in [0.29, 0.717) is 16.7 Å². The van der Waals surface area contributed by atoms with E-state index in [9.17, 15) is 4.79 Å². The van der Waals surface area contributed by atoms with Crippen molar-refractivity contribution in [3.8, 4) is 5.69 Å². The van der Waals surface area contributed by atoms with Gasteiger partial charge in [-0.3, -0.25) is 9.36 Å². The van der Waals surface area contributed by atoms with Gasteiger partial charge in [-0.1, -0.05) is 67.1 Å². The van der Waals surface area contributed by atoms with Gasteiger partial charge in [0.25, 0.3) is 5.56 Å². The Kier molecular flexibility index (Phi) is 5.13. The molecular weight excluding hydrogens is 356 g/mol. The number of rotatable bonds is 4. The minimum Gasteiger partial charge on any atom is -0.268 e. The first-order valence-corrected chi connectivity index (χ1v) is 9.93. The van der Waals surface area contributed by atoms with Crippen molar-refractivity contribution in [2.75, 3.05) is 0 Å². The second-order valence-corrected chi connectivity index (χ2v) is 7.35. The molecule has 0 aliphatic heterocycles. The fourth-order valence-electron chi connectivity index (χ4n) is 3.59. The zero-order valence-corrected chi connectivity index (χ0v) is 17.0. The summed E-state index contributed by atoms with van der Waals surface area (Å²) in [7, 11) is 0. The van der Waals surface area contributed by atoms with Crippen LogP contribution in [0.1, 0.15) is 35.0 Å². The van der Waals surface area contributed by atoms with E-state index in [1.807, 2.05) is 55.5 Å². The summed E-state index contributed by atoms with van der Waals surface area (Å²) in [6, 6.07) is 22.1. The lowest BCUT2D eigenvalue weighted by molar-refractivity contribution is 0.933. The van der Waals surface area contributed by atoms with E-state index >= 15 is 0 Å². The van der Waals surface area contributed by atoms with Crippen LogP contribution in [-0.2, 0) is 6.42 Å². The Morgan fingerprint density at radius 2 is 1.69 bits per heavy atom. The maximum atomic E-state index is 13.4. The summed E-state index contributed by atoms with van der Waals surface area (Å²) in [6.07, 6.45) is 4.95. The third-order valence-electron chi connectivity index (χ3n) is 5.21. The summed E-state index contributed by atoms with van der Waals surface area (Å²) >= 11 is 0. The van der Waals surface area contributed by atoms with E-state index in [1.165, 1.54) is 11.1 Å². The maximum Gasteiger partial charge on any atom is 0.266 e. The van der Waals surface area contributed by atoms with Gasteiger partial charge in [0.1, 0.15) is 5.82 Å². The topological polar surface area (TPSA) is 34.9 Å². The van der Waals surface area contributed by atoms with Crippen LogP contribution in [0.15, 0.2) is 71.5 Å². The molecular formula is C26H24N2O. The molecule has 1 aromatic heterocycles. The third-order valence-corrected chi connectivity index (χ3v) is 5.21. The predicted molar refractivity (Wildman–Crippen MR) is 122 cm³/mol. The summed E-state index contributed by atoms with van der Waals surface area (Å²) in [5.41, 5.74) is 6.12. The second-order valence-electron chi connectivity index (χ2n) is 7.35. The Morgan fingerprint density at radius 1 is 0.931 bits per heavy atom. The van der Waals surface area contributed by atoms with Crippen molar-refractivity contribution in [1.82, 2.24) is 9.55 Å². The predicted octanol–water partition coefficient (Wildman–Crippen LogP) is 5.74. The molecule has 3 heteroatoms. The monoisotopic (exact) mass is 380 g/mol. The molecule has 4 aromatic rings. The number of hydrogen-bond donors (Lipinski definition) is 0. The van der Waals surface area contributed by atoms with Gasteiger partial charge < -0.3 is 0 Å². The molecule has 0 saturated heterocycles. The average Bonchev–Trinajstić information content (AvgIpc) is 2.73. The molecule has 0 N–H and O–H groups in total. The molecule has 0 radical (unpaired) electrons. The Labute approximate surface area is 171 Å². The number of hydrogen-bond acceptors (Lipinski definition) is 2. The van der Waals surface area contributed by atoms with E-state index in [2.05, 4.69) is 44.2 Å². The molecule has 3 aromatic carbocycles. The molecule has 0 atom stereocenters. The van der Waals surface area contributed by atoms with Crippen LogP contribution in [0.2, 0.25) is 0 Å².